The molecule has 8 heteroatoms. The Bertz CT molecular complexity index is 426. The number of carbonyl (C=O) groups excluding carboxylic acids is 1. The molecule has 1 saturated carbocycles. The molecule has 100 valence electrons. The third-order valence-electron chi connectivity index (χ3n) is 3.16. The van der Waals surface area contributed by atoms with Crippen LogP contribution in [0.3, 0.4) is 0 Å². The van der Waals surface area contributed by atoms with Crippen molar-refractivity contribution in [3.05, 3.63) is 5.01 Å². The van der Waals surface area contributed by atoms with E-state index in [1.54, 1.807) is 0 Å². The molecule has 1 aromatic heterocycles. The maximum atomic E-state index is 12.3. The minimum absolute atomic E-state index is 0.123. The van der Waals surface area contributed by atoms with Gasteiger partial charge in [0, 0.05) is 5.92 Å². The highest BCUT2D eigenvalue weighted by atomic mass is 32.1. The highest BCUT2D eigenvalue weighted by Gasteiger charge is 2.32. The number of hydrogen-bond acceptors (Lipinski definition) is 5. The Morgan fingerprint density at radius 1 is 1.50 bits per heavy atom. The SMILES string of the molecule is NC[C@H]1CCC[C@H]1C(=O)Nc1nnc(C(F)F)s1. The molecule has 0 saturated heterocycles. The van der Waals surface area contributed by atoms with Gasteiger partial charge in [0.2, 0.25) is 11.0 Å². The van der Waals surface area contributed by atoms with Crippen LogP contribution >= 0.6 is 11.3 Å². The molecule has 5 nitrogen and oxygen atoms in total. The van der Waals surface area contributed by atoms with Crippen molar-refractivity contribution in [2.75, 3.05) is 11.9 Å². The molecule has 2 atom stereocenters. The van der Waals surface area contributed by atoms with E-state index in [4.69, 9.17) is 5.73 Å². The van der Waals surface area contributed by atoms with Crippen LogP contribution in [-0.2, 0) is 4.79 Å². The topological polar surface area (TPSA) is 80.9 Å². The highest BCUT2D eigenvalue weighted by Crippen LogP contribution is 2.32. The lowest BCUT2D eigenvalue weighted by atomic mass is 9.95. The number of nitrogens with zero attached hydrogens (tertiary/aromatic N) is 2. The average molecular weight is 276 g/mol. The number of hydrogen-bond donors (Lipinski definition) is 2. The van der Waals surface area contributed by atoms with E-state index in [1.165, 1.54) is 0 Å². The molecule has 0 bridgehead atoms. The molecule has 0 radical (unpaired) electrons. The maximum Gasteiger partial charge on any atom is 0.291 e. The van der Waals surface area contributed by atoms with Crippen LogP contribution in [0.1, 0.15) is 30.7 Å². The van der Waals surface area contributed by atoms with E-state index in [1.807, 2.05) is 0 Å². The summed E-state index contributed by atoms with van der Waals surface area (Å²) in [5.41, 5.74) is 5.59. The Labute approximate surface area is 107 Å². The summed E-state index contributed by atoms with van der Waals surface area (Å²) in [5.74, 6) is -0.165. The first-order chi connectivity index (χ1) is 8.61. The van der Waals surface area contributed by atoms with Crippen LogP contribution < -0.4 is 11.1 Å². The molecule has 1 fully saturated rings. The van der Waals surface area contributed by atoms with Gasteiger partial charge in [-0.25, -0.2) is 8.78 Å². The summed E-state index contributed by atoms with van der Waals surface area (Å²) < 4.78 is 24.6. The molecule has 1 aliphatic rings. The first kappa shape index (κ1) is 13.3. The lowest BCUT2D eigenvalue weighted by molar-refractivity contribution is -0.120. The van der Waals surface area contributed by atoms with Crippen molar-refractivity contribution in [2.45, 2.75) is 25.7 Å². The van der Waals surface area contributed by atoms with Gasteiger partial charge < -0.3 is 11.1 Å². The molecular weight excluding hydrogens is 262 g/mol. The predicted octanol–water partition coefficient (Wildman–Crippen LogP) is 1.79. The minimum Gasteiger partial charge on any atom is -0.330 e. The number of aromatic nitrogens is 2. The van der Waals surface area contributed by atoms with Gasteiger partial charge >= 0.3 is 0 Å². The average Bonchev–Trinajstić information content (AvgIpc) is 2.96. The fourth-order valence-corrected chi connectivity index (χ4v) is 2.84. The molecule has 0 unspecified atom stereocenters. The van der Waals surface area contributed by atoms with Crippen LogP contribution in [0.4, 0.5) is 13.9 Å². The minimum atomic E-state index is -2.66. The van der Waals surface area contributed by atoms with Crippen molar-refractivity contribution in [3.63, 3.8) is 0 Å². The van der Waals surface area contributed by atoms with Gasteiger partial charge in [-0.15, -0.1) is 10.2 Å². The number of alkyl halides is 2. The third kappa shape index (κ3) is 2.81. The molecule has 0 spiro atoms. The second-order valence-corrected chi connectivity index (χ2v) is 5.28. The summed E-state index contributed by atoms with van der Waals surface area (Å²) in [6, 6.07) is 0. The van der Waals surface area contributed by atoms with E-state index in [9.17, 15) is 13.6 Å². The van der Waals surface area contributed by atoms with E-state index in [2.05, 4.69) is 15.5 Å². The first-order valence-electron chi connectivity index (χ1n) is 5.74. The molecule has 18 heavy (non-hydrogen) atoms. The van der Waals surface area contributed by atoms with Gasteiger partial charge in [0.05, 0.1) is 0 Å². The van der Waals surface area contributed by atoms with Gasteiger partial charge in [0.1, 0.15) is 0 Å². The Morgan fingerprint density at radius 2 is 2.28 bits per heavy atom. The number of halogens is 2. The van der Waals surface area contributed by atoms with Gasteiger partial charge in [0.25, 0.3) is 6.43 Å². The van der Waals surface area contributed by atoms with Gasteiger partial charge in [0.15, 0.2) is 5.01 Å². The number of carbonyl (C=O) groups is 1. The first-order valence-corrected chi connectivity index (χ1v) is 6.56. The van der Waals surface area contributed by atoms with E-state index in [-0.39, 0.29) is 27.9 Å². The number of rotatable bonds is 4. The molecule has 1 amide bonds. The van der Waals surface area contributed by atoms with Crippen molar-refractivity contribution in [3.8, 4) is 0 Å². The van der Waals surface area contributed by atoms with Gasteiger partial charge in [-0.05, 0) is 25.3 Å². The quantitative estimate of drug-likeness (QED) is 0.878. The zero-order valence-electron chi connectivity index (χ0n) is 9.60. The molecule has 0 aliphatic heterocycles. The van der Waals surface area contributed by atoms with E-state index < -0.39 is 6.43 Å². The van der Waals surface area contributed by atoms with E-state index >= 15 is 0 Å². The summed E-state index contributed by atoms with van der Waals surface area (Å²) >= 11 is 0.702. The van der Waals surface area contributed by atoms with Crippen LogP contribution in [-0.4, -0.2) is 22.6 Å². The lowest BCUT2D eigenvalue weighted by Gasteiger charge is -2.15. The largest absolute Gasteiger partial charge is 0.330 e. The number of nitrogens with two attached hydrogens (primary N) is 1. The molecule has 0 aromatic carbocycles. The summed E-state index contributed by atoms with van der Waals surface area (Å²) in [5, 5.41) is 9.12. The lowest BCUT2D eigenvalue weighted by Crippen LogP contribution is -2.29. The summed E-state index contributed by atoms with van der Waals surface area (Å²) in [6.45, 7) is 0.469. The molecular formula is C10H14F2N4OS. The van der Waals surface area contributed by atoms with Gasteiger partial charge in [-0.2, -0.15) is 0 Å². The van der Waals surface area contributed by atoms with Crippen LogP contribution in [0.15, 0.2) is 0 Å². The van der Waals surface area contributed by atoms with E-state index in [0.29, 0.717) is 17.9 Å². The van der Waals surface area contributed by atoms with Gasteiger partial charge in [-0.1, -0.05) is 17.8 Å². The zero-order chi connectivity index (χ0) is 13.1. The highest BCUT2D eigenvalue weighted by molar-refractivity contribution is 7.15. The smallest absolute Gasteiger partial charge is 0.291 e. The number of nitrogens with one attached hydrogen (secondary N) is 1. The molecule has 1 heterocycles. The Hall–Kier alpha value is -1.15. The van der Waals surface area contributed by atoms with Crippen LogP contribution in [0.2, 0.25) is 0 Å². The van der Waals surface area contributed by atoms with Crippen molar-refractivity contribution in [1.29, 1.82) is 0 Å². The van der Waals surface area contributed by atoms with Crippen LogP contribution in [0.25, 0.3) is 0 Å². The molecule has 1 aliphatic carbocycles. The van der Waals surface area contributed by atoms with Crippen molar-refractivity contribution in [2.24, 2.45) is 17.6 Å². The standard InChI is InChI=1S/C10H14F2N4OS/c11-7(12)9-15-16-10(18-9)14-8(17)6-3-1-2-5(6)4-13/h5-7H,1-4,13H2,(H,14,16,17)/t5-,6-/m1/s1. The molecule has 2 rings (SSSR count). The fraction of sp³-hybridized carbons (Fsp3) is 0.700. The van der Waals surface area contributed by atoms with Crippen molar-refractivity contribution < 1.29 is 13.6 Å². The zero-order valence-corrected chi connectivity index (χ0v) is 10.4. The van der Waals surface area contributed by atoms with Gasteiger partial charge in [-0.3, -0.25) is 4.79 Å². The summed E-state index contributed by atoms with van der Waals surface area (Å²) in [7, 11) is 0. The predicted molar refractivity (Wildman–Crippen MR) is 63.4 cm³/mol. The fourth-order valence-electron chi connectivity index (χ4n) is 2.24. The summed E-state index contributed by atoms with van der Waals surface area (Å²) in [4.78, 5) is 11.9. The normalized spacial score (nSPS) is 23.6. The molecule has 1 aromatic rings. The van der Waals surface area contributed by atoms with Crippen LogP contribution in [0, 0.1) is 11.8 Å². The van der Waals surface area contributed by atoms with Crippen LogP contribution in [0.5, 0.6) is 0 Å². The third-order valence-corrected chi connectivity index (χ3v) is 4.00. The Balaban J connectivity index is 1.98. The molecule has 3 N–H and O–H groups in total. The van der Waals surface area contributed by atoms with E-state index in [0.717, 1.165) is 19.3 Å². The second kappa shape index (κ2) is 5.66. The Kier molecular flexibility index (Phi) is 4.18. The maximum absolute atomic E-state index is 12.3. The Morgan fingerprint density at radius 3 is 2.89 bits per heavy atom. The summed E-state index contributed by atoms with van der Waals surface area (Å²) in [6.07, 6.45) is 0.0379. The van der Waals surface area contributed by atoms with Crippen molar-refractivity contribution in [1.82, 2.24) is 10.2 Å². The van der Waals surface area contributed by atoms with Crippen molar-refractivity contribution >= 4 is 22.4 Å². The number of amides is 1. The monoisotopic (exact) mass is 276 g/mol. The number of anilines is 1. The second-order valence-electron chi connectivity index (χ2n) is 4.27.